The average Bonchev–Trinajstić information content (AvgIpc) is 3.07. The van der Waals surface area contributed by atoms with Gasteiger partial charge in [0.2, 0.25) is 5.88 Å². The molecule has 0 aliphatic rings. The molecule has 5 rings (SSSR count). The van der Waals surface area contributed by atoms with E-state index in [1.165, 1.54) is 0 Å². The molecule has 0 bridgehead atoms. The van der Waals surface area contributed by atoms with Crippen LogP contribution in [0.3, 0.4) is 0 Å². The van der Waals surface area contributed by atoms with Gasteiger partial charge < -0.3 is 9.15 Å². The summed E-state index contributed by atoms with van der Waals surface area (Å²) in [7, 11) is 0. The molecule has 0 amide bonds. The molecular formula is C23H15NO2. The van der Waals surface area contributed by atoms with Crippen molar-refractivity contribution in [2.45, 2.75) is 0 Å². The van der Waals surface area contributed by atoms with Crippen LogP contribution in [-0.4, -0.2) is 4.98 Å². The molecule has 0 fully saturated rings. The molecule has 5 aromatic rings. The van der Waals surface area contributed by atoms with Crippen molar-refractivity contribution in [2.24, 2.45) is 0 Å². The Morgan fingerprint density at radius 1 is 0.654 bits per heavy atom. The lowest BCUT2D eigenvalue weighted by Gasteiger charge is -2.07. The molecule has 3 aromatic carbocycles. The molecule has 0 unspecified atom stereocenters. The highest BCUT2D eigenvalue weighted by atomic mass is 16.5. The Hall–Kier alpha value is -3.59. The molecule has 3 nitrogen and oxygen atoms in total. The summed E-state index contributed by atoms with van der Waals surface area (Å²) in [6.07, 6.45) is 1.76. The maximum atomic E-state index is 5.99. The highest BCUT2D eigenvalue weighted by molar-refractivity contribution is 6.05. The highest BCUT2D eigenvalue weighted by Gasteiger charge is 2.09. The van der Waals surface area contributed by atoms with E-state index in [0.29, 0.717) is 5.88 Å². The zero-order chi connectivity index (χ0) is 17.3. The lowest BCUT2D eigenvalue weighted by atomic mass is 10.0. The van der Waals surface area contributed by atoms with E-state index in [-0.39, 0.29) is 0 Å². The summed E-state index contributed by atoms with van der Waals surface area (Å²) in [5.74, 6) is 1.34. The molecule has 26 heavy (non-hydrogen) atoms. The SMILES string of the molecule is c1ccc(Oc2cc(-c3ccc4c(c3)oc3ccccc34)ccn2)cc1. The number of aromatic nitrogens is 1. The predicted molar refractivity (Wildman–Crippen MR) is 103 cm³/mol. The van der Waals surface area contributed by atoms with E-state index in [9.17, 15) is 0 Å². The molecule has 0 spiro atoms. The summed E-state index contributed by atoms with van der Waals surface area (Å²) < 4.78 is 11.8. The molecule has 0 saturated carbocycles. The van der Waals surface area contributed by atoms with Crippen molar-refractivity contribution in [2.75, 3.05) is 0 Å². The van der Waals surface area contributed by atoms with Crippen molar-refractivity contribution in [3.63, 3.8) is 0 Å². The quantitative estimate of drug-likeness (QED) is 0.380. The van der Waals surface area contributed by atoms with Gasteiger partial charge in [0.15, 0.2) is 0 Å². The van der Waals surface area contributed by atoms with Crippen LogP contribution >= 0.6 is 0 Å². The minimum absolute atomic E-state index is 0.568. The molecule has 0 radical (unpaired) electrons. The van der Waals surface area contributed by atoms with Crippen LogP contribution in [0.2, 0.25) is 0 Å². The van der Waals surface area contributed by atoms with Crippen LogP contribution in [-0.2, 0) is 0 Å². The number of fused-ring (bicyclic) bond motifs is 3. The normalized spacial score (nSPS) is 11.1. The van der Waals surface area contributed by atoms with Gasteiger partial charge >= 0.3 is 0 Å². The van der Waals surface area contributed by atoms with E-state index >= 15 is 0 Å². The van der Waals surface area contributed by atoms with Gasteiger partial charge in [-0.15, -0.1) is 0 Å². The molecule has 2 aromatic heterocycles. The maximum absolute atomic E-state index is 5.99. The number of ether oxygens (including phenoxy) is 1. The van der Waals surface area contributed by atoms with Gasteiger partial charge in [-0.2, -0.15) is 0 Å². The van der Waals surface area contributed by atoms with Gasteiger partial charge in [-0.05, 0) is 47.5 Å². The zero-order valence-electron chi connectivity index (χ0n) is 13.9. The fraction of sp³-hybridized carbons (Fsp3) is 0. The first-order valence-electron chi connectivity index (χ1n) is 8.47. The molecule has 3 heteroatoms. The number of furan rings is 1. The highest BCUT2D eigenvalue weighted by Crippen LogP contribution is 2.33. The van der Waals surface area contributed by atoms with E-state index in [2.05, 4.69) is 29.2 Å². The number of rotatable bonds is 3. The van der Waals surface area contributed by atoms with Gasteiger partial charge in [0, 0.05) is 23.0 Å². The second-order valence-electron chi connectivity index (χ2n) is 6.11. The lowest BCUT2D eigenvalue weighted by molar-refractivity contribution is 0.463. The van der Waals surface area contributed by atoms with Crippen LogP contribution in [0.15, 0.2) is 95.5 Å². The molecule has 2 heterocycles. The summed E-state index contributed by atoms with van der Waals surface area (Å²) >= 11 is 0. The van der Waals surface area contributed by atoms with Gasteiger partial charge in [0.25, 0.3) is 0 Å². The number of benzene rings is 3. The van der Waals surface area contributed by atoms with E-state index in [1.807, 2.05) is 60.7 Å². The Morgan fingerprint density at radius 2 is 1.42 bits per heavy atom. The topological polar surface area (TPSA) is 35.3 Å². The van der Waals surface area contributed by atoms with Crippen molar-refractivity contribution in [1.82, 2.24) is 4.98 Å². The molecule has 0 atom stereocenters. The summed E-state index contributed by atoms with van der Waals surface area (Å²) in [4.78, 5) is 4.31. The third-order valence-corrected chi connectivity index (χ3v) is 4.41. The van der Waals surface area contributed by atoms with Crippen molar-refractivity contribution >= 4 is 21.9 Å². The van der Waals surface area contributed by atoms with Gasteiger partial charge in [0.05, 0.1) is 0 Å². The summed E-state index contributed by atoms with van der Waals surface area (Å²) in [6, 6.07) is 27.9. The molecule has 0 aliphatic carbocycles. The van der Waals surface area contributed by atoms with Crippen LogP contribution in [0.5, 0.6) is 11.6 Å². The van der Waals surface area contributed by atoms with Crippen LogP contribution < -0.4 is 4.74 Å². The second-order valence-corrected chi connectivity index (χ2v) is 6.11. The van der Waals surface area contributed by atoms with Crippen LogP contribution in [0, 0.1) is 0 Å². The van der Waals surface area contributed by atoms with E-state index in [4.69, 9.17) is 9.15 Å². The van der Waals surface area contributed by atoms with Gasteiger partial charge in [-0.1, -0.05) is 42.5 Å². The summed E-state index contributed by atoms with van der Waals surface area (Å²) in [5, 5.41) is 2.26. The number of pyridine rings is 1. The third kappa shape index (κ3) is 2.60. The lowest BCUT2D eigenvalue weighted by Crippen LogP contribution is -1.88. The average molecular weight is 337 g/mol. The predicted octanol–water partition coefficient (Wildman–Crippen LogP) is 6.44. The van der Waals surface area contributed by atoms with Crippen molar-refractivity contribution in [1.29, 1.82) is 0 Å². The maximum Gasteiger partial charge on any atom is 0.219 e. The largest absolute Gasteiger partial charge is 0.456 e. The molecule has 0 N–H and O–H groups in total. The standard InChI is InChI=1S/C23H15NO2/c1-2-6-18(7-3-1)25-23-15-17(12-13-24-23)16-10-11-20-19-8-4-5-9-21(19)26-22(20)14-16/h1-15H. The number of hydrogen-bond donors (Lipinski definition) is 0. The van der Waals surface area contributed by atoms with Gasteiger partial charge in [0.1, 0.15) is 16.9 Å². The fourth-order valence-corrected chi connectivity index (χ4v) is 3.16. The Bertz CT molecular complexity index is 1210. The van der Waals surface area contributed by atoms with Crippen LogP contribution in [0.1, 0.15) is 0 Å². The zero-order valence-corrected chi connectivity index (χ0v) is 13.9. The first kappa shape index (κ1) is 14.7. The third-order valence-electron chi connectivity index (χ3n) is 4.41. The second kappa shape index (κ2) is 6.05. The van der Waals surface area contributed by atoms with Gasteiger partial charge in [-0.3, -0.25) is 0 Å². The van der Waals surface area contributed by atoms with Crippen molar-refractivity contribution < 1.29 is 9.15 Å². The Kier molecular flexibility index (Phi) is 3.42. The molecule has 0 aliphatic heterocycles. The minimum atomic E-state index is 0.568. The Labute approximate surface area is 150 Å². The van der Waals surface area contributed by atoms with E-state index < -0.39 is 0 Å². The van der Waals surface area contributed by atoms with Crippen molar-refractivity contribution in [3.8, 4) is 22.8 Å². The smallest absolute Gasteiger partial charge is 0.219 e. The van der Waals surface area contributed by atoms with Crippen LogP contribution in [0.25, 0.3) is 33.1 Å². The minimum Gasteiger partial charge on any atom is -0.456 e. The number of hydrogen-bond acceptors (Lipinski definition) is 3. The van der Waals surface area contributed by atoms with E-state index in [0.717, 1.165) is 38.8 Å². The summed E-state index contributed by atoms with van der Waals surface area (Å²) in [6.45, 7) is 0. The summed E-state index contributed by atoms with van der Waals surface area (Å²) in [5.41, 5.74) is 3.89. The number of para-hydroxylation sites is 2. The van der Waals surface area contributed by atoms with Gasteiger partial charge in [-0.25, -0.2) is 4.98 Å². The fourth-order valence-electron chi connectivity index (χ4n) is 3.16. The monoisotopic (exact) mass is 337 g/mol. The molecule has 0 saturated heterocycles. The first-order valence-corrected chi connectivity index (χ1v) is 8.47. The Balaban J connectivity index is 1.55. The first-order chi connectivity index (χ1) is 12.9. The van der Waals surface area contributed by atoms with E-state index in [1.54, 1.807) is 6.20 Å². The number of nitrogens with zero attached hydrogens (tertiary/aromatic N) is 1. The molecule has 124 valence electrons. The molecular weight excluding hydrogens is 322 g/mol. The van der Waals surface area contributed by atoms with Crippen LogP contribution in [0.4, 0.5) is 0 Å². The Morgan fingerprint density at radius 3 is 2.35 bits per heavy atom. The van der Waals surface area contributed by atoms with Crippen molar-refractivity contribution in [3.05, 3.63) is 91.1 Å².